The summed E-state index contributed by atoms with van der Waals surface area (Å²) in [5.41, 5.74) is 15.2. The first-order valence-corrected chi connectivity index (χ1v) is 19.8. The summed E-state index contributed by atoms with van der Waals surface area (Å²) in [5.74, 6) is 1.95. The molecule has 1 spiro atoms. The number of nitrogens with zero attached hydrogens (tertiary/aromatic N) is 3. The van der Waals surface area contributed by atoms with Crippen molar-refractivity contribution in [3.63, 3.8) is 0 Å². The number of hydrogen-bond acceptors (Lipinski definition) is 4. The highest BCUT2D eigenvalue weighted by molar-refractivity contribution is 7.25. The molecule has 0 fully saturated rings. The first kappa shape index (κ1) is 31.4. The minimum atomic E-state index is -0.421. The quantitative estimate of drug-likeness (QED) is 0.181. The molecule has 0 aliphatic heterocycles. The van der Waals surface area contributed by atoms with Crippen LogP contribution in [0.2, 0.25) is 0 Å². The standard InChI is InChI=1S/C52H31N3S/c1-2-14-32(15-3-1)49-53-50(34-27-29-48-42(30-34)40-20-9-13-25-47(40)56-48)55-51(54-49)41-21-5-4-16-35(41)33-26-28-39-38-19-8-12-24-45(38)52(46(39)31-33)43-22-10-6-17-36(43)37-18-7-11-23-44(37)52/h1-31H. The third kappa shape index (κ3) is 4.42. The molecule has 10 aromatic rings. The molecule has 0 saturated carbocycles. The molecule has 0 amide bonds. The van der Waals surface area contributed by atoms with Crippen molar-refractivity contribution >= 4 is 31.5 Å². The van der Waals surface area contributed by atoms with E-state index in [0.29, 0.717) is 17.5 Å². The van der Waals surface area contributed by atoms with Crippen LogP contribution in [0.3, 0.4) is 0 Å². The Bertz CT molecular complexity index is 3150. The second kappa shape index (κ2) is 12.0. The number of fused-ring (bicyclic) bond motifs is 13. The summed E-state index contributed by atoms with van der Waals surface area (Å²) in [5, 5.41) is 2.47. The predicted octanol–water partition coefficient (Wildman–Crippen LogP) is 13.3. The zero-order valence-electron chi connectivity index (χ0n) is 30.1. The van der Waals surface area contributed by atoms with Gasteiger partial charge in [0.25, 0.3) is 0 Å². The Morgan fingerprint density at radius 1 is 0.304 bits per heavy atom. The van der Waals surface area contributed by atoms with Gasteiger partial charge in [-0.1, -0.05) is 158 Å². The van der Waals surface area contributed by atoms with Crippen LogP contribution >= 0.6 is 11.3 Å². The van der Waals surface area contributed by atoms with Crippen molar-refractivity contribution in [1.82, 2.24) is 15.0 Å². The SMILES string of the molecule is c1ccc(-c2nc(-c3ccc4sc5ccccc5c4c3)nc(-c3ccccc3-c3ccc4c(c3)C3(c5ccccc5-c5ccccc53)c3ccccc3-4)n2)cc1. The third-order valence-corrected chi connectivity index (χ3v) is 12.9. The van der Waals surface area contributed by atoms with Crippen LogP contribution in [0.1, 0.15) is 22.3 Å². The van der Waals surface area contributed by atoms with Crippen LogP contribution in [0.25, 0.3) is 87.7 Å². The largest absolute Gasteiger partial charge is 0.208 e. The molecule has 2 aliphatic carbocycles. The number of rotatable bonds is 4. The van der Waals surface area contributed by atoms with Gasteiger partial charge in [0, 0.05) is 36.9 Å². The Balaban J connectivity index is 1.07. The van der Waals surface area contributed by atoms with Gasteiger partial charge in [0.15, 0.2) is 17.5 Å². The lowest BCUT2D eigenvalue weighted by Gasteiger charge is -2.30. The summed E-state index contributed by atoms with van der Waals surface area (Å²) in [6.45, 7) is 0. The van der Waals surface area contributed by atoms with Crippen molar-refractivity contribution in [1.29, 1.82) is 0 Å². The fourth-order valence-electron chi connectivity index (χ4n) is 9.40. The van der Waals surface area contributed by atoms with Crippen molar-refractivity contribution in [2.24, 2.45) is 0 Å². The van der Waals surface area contributed by atoms with Crippen molar-refractivity contribution in [3.05, 3.63) is 210 Å². The van der Waals surface area contributed by atoms with Gasteiger partial charge in [-0.3, -0.25) is 0 Å². The molecule has 0 unspecified atom stereocenters. The summed E-state index contributed by atoms with van der Waals surface area (Å²) in [4.78, 5) is 15.6. The van der Waals surface area contributed by atoms with Crippen LogP contribution in [0.5, 0.6) is 0 Å². The van der Waals surface area contributed by atoms with Gasteiger partial charge in [-0.15, -0.1) is 11.3 Å². The fourth-order valence-corrected chi connectivity index (χ4v) is 10.5. The molecule has 8 aromatic carbocycles. The third-order valence-electron chi connectivity index (χ3n) is 11.8. The molecule has 12 rings (SSSR count). The fraction of sp³-hybridized carbons (Fsp3) is 0.0192. The van der Waals surface area contributed by atoms with Gasteiger partial charge < -0.3 is 0 Å². The van der Waals surface area contributed by atoms with Crippen LogP contribution in [-0.4, -0.2) is 15.0 Å². The van der Waals surface area contributed by atoms with E-state index < -0.39 is 5.41 Å². The Labute approximate surface area is 328 Å². The molecule has 4 heteroatoms. The summed E-state index contributed by atoms with van der Waals surface area (Å²) in [7, 11) is 0. The number of thiophene rings is 1. The lowest BCUT2D eigenvalue weighted by atomic mass is 9.70. The topological polar surface area (TPSA) is 38.7 Å². The number of aromatic nitrogens is 3. The van der Waals surface area contributed by atoms with Gasteiger partial charge in [-0.25, -0.2) is 15.0 Å². The maximum Gasteiger partial charge on any atom is 0.164 e. The van der Waals surface area contributed by atoms with E-state index in [-0.39, 0.29) is 0 Å². The van der Waals surface area contributed by atoms with E-state index in [2.05, 4.69) is 170 Å². The Morgan fingerprint density at radius 3 is 1.50 bits per heavy atom. The van der Waals surface area contributed by atoms with Crippen molar-refractivity contribution in [2.75, 3.05) is 0 Å². The molecule has 0 saturated heterocycles. The van der Waals surface area contributed by atoms with Crippen LogP contribution in [-0.2, 0) is 5.41 Å². The molecule has 2 aromatic heterocycles. The van der Waals surface area contributed by atoms with Crippen molar-refractivity contribution < 1.29 is 0 Å². The highest BCUT2D eigenvalue weighted by atomic mass is 32.1. The molecule has 3 nitrogen and oxygen atoms in total. The summed E-state index contributed by atoms with van der Waals surface area (Å²) < 4.78 is 2.53. The van der Waals surface area contributed by atoms with E-state index in [1.807, 2.05) is 29.5 Å². The number of benzene rings is 8. The number of hydrogen-bond donors (Lipinski definition) is 0. The minimum absolute atomic E-state index is 0.421. The zero-order valence-corrected chi connectivity index (χ0v) is 31.0. The van der Waals surface area contributed by atoms with E-state index >= 15 is 0 Å². The van der Waals surface area contributed by atoms with Crippen molar-refractivity contribution in [3.8, 4) is 67.5 Å². The molecular weight excluding hydrogens is 699 g/mol. The monoisotopic (exact) mass is 729 g/mol. The van der Waals surface area contributed by atoms with Gasteiger partial charge in [0.05, 0.1) is 5.41 Å². The second-order valence-electron chi connectivity index (χ2n) is 14.7. The molecule has 0 atom stereocenters. The summed E-state index contributed by atoms with van der Waals surface area (Å²) >= 11 is 1.82. The minimum Gasteiger partial charge on any atom is -0.208 e. The molecule has 56 heavy (non-hydrogen) atoms. The molecule has 2 heterocycles. The lowest BCUT2D eigenvalue weighted by molar-refractivity contribution is 0.794. The van der Waals surface area contributed by atoms with Crippen LogP contribution in [0.15, 0.2) is 188 Å². The highest BCUT2D eigenvalue weighted by Crippen LogP contribution is 2.63. The average Bonchev–Trinajstić information content (AvgIpc) is 3.90. The maximum absolute atomic E-state index is 5.27. The normalized spacial score (nSPS) is 13.1. The smallest absolute Gasteiger partial charge is 0.164 e. The predicted molar refractivity (Wildman–Crippen MR) is 231 cm³/mol. The van der Waals surface area contributed by atoms with Gasteiger partial charge in [0.2, 0.25) is 0 Å². The summed E-state index contributed by atoms with van der Waals surface area (Å²) in [6.07, 6.45) is 0. The van der Waals surface area contributed by atoms with E-state index in [0.717, 1.165) is 27.8 Å². The Morgan fingerprint density at radius 2 is 0.804 bits per heavy atom. The Kier molecular flexibility index (Phi) is 6.72. The first-order valence-electron chi connectivity index (χ1n) is 19.0. The van der Waals surface area contributed by atoms with Crippen molar-refractivity contribution in [2.45, 2.75) is 5.41 Å². The Hall–Kier alpha value is -7.01. The van der Waals surface area contributed by atoms with Crippen LogP contribution < -0.4 is 0 Å². The van der Waals surface area contributed by atoms with Gasteiger partial charge in [-0.2, -0.15) is 0 Å². The van der Waals surface area contributed by atoms with Gasteiger partial charge in [-0.05, 0) is 86.0 Å². The van der Waals surface area contributed by atoms with E-state index in [9.17, 15) is 0 Å². The average molecular weight is 730 g/mol. The molecule has 2 aliphatic rings. The first-order chi connectivity index (χ1) is 27.8. The molecule has 0 bridgehead atoms. The summed E-state index contributed by atoms with van der Waals surface area (Å²) in [6, 6.07) is 67.9. The zero-order chi connectivity index (χ0) is 36.8. The van der Waals surface area contributed by atoms with Gasteiger partial charge in [0.1, 0.15) is 0 Å². The molecular formula is C52H31N3S. The molecule has 260 valence electrons. The van der Waals surface area contributed by atoms with Crippen LogP contribution in [0.4, 0.5) is 0 Å². The van der Waals surface area contributed by atoms with Crippen LogP contribution in [0, 0.1) is 0 Å². The molecule has 0 N–H and O–H groups in total. The maximum atomic E-state index is 5.27. The van der Waals surface area contributed by atoms with E-state index in [1.54, 1.807) is 0 Å². The lowest BCUT2D eigenvalue weighted by Crippen LogP contribution is -2.25. The van der Waals surface area contributed by atoms with E-state index in [4.69, 9.17) is 15.0 Å². The second-order valence-corrected chi connectivity index (χ2v) is 15.8. The van der Waals surface area contributed by atoms with E-state index in [1.165, 1.54) is 64.7 Å². The van der Waals surface area contributed by atoms with Gasteiger partial charge >= 0.3 is 0 Å². The molecule has 0 radical (unpaired) electrons. The highest BCUT2D eigenvalue weighted by Gasteiger charge is 2.51.